The van der Waals surface area contributed by atoms with Crippen molar-refractivity contribution in [1.29, 1.82) is 0 Å². The quantitative estimate of drug-likeness (QED) is 0.777. The lowest BCUT2D eigenvalue weighted by atomic mass is 9.93. The molecule has 0 aliphatic carbocycles. The van der Waals surface area contributed by atoms with Crippen molar-refractivity contribution in [3.8, 4) is 0 Å². The normalized spacial score (nSPS) is 11.8. The topological polar surface area (TPSA) is 84.5 Å². The van der Waals surface area contributed by atoms with Gasteiger partial charge in [0.25, 0.3) is 0 Å². The molecule has 2 N–H and O–H groups in total. The number of aromatic nitrogens is 3. The van der Waals surface area contributed by atoms with Crippen LogP contribution in [0.2, 0.25) is 0 Å². The number of imidazole rings is 1. The Kier molecular flexibility index (Phi) is 3.61. The minimum atomic E-state index is -0.342. The first-order chi connectivity index (χ1) is 10.4. The van der Waals surface area contributed by atoms with Crippen LogP contribution in [-0.4, -0.2) is 20.6 Å². The molecule has 2 amide bonds. The second-order valence-corrected chi connectivity index (χ2v) is 6.83. The van der Waals surface area contributed by atoms with Crippen LogP contribution in [0, 0.1) is 0 Å². The molecule has 0 spiro atoms. The van der Waals surface area contributed by atoms with E-state index in [1.54, 1.807) is 17.4 Å². The van der Waals surface area contributed by atoms with E-state index in [4.69, 9.17) is 4.52 Å². The van der Waals surface area contributed by atoms with Gasteiger partial charge in [0, 0.05) is 29.3 Å². The number of fused-ring (bicyclic) bond motifs is 1. The minimum Gasteiger partial charge on any atom is -0.359 e. The molecule has 0 bridgehead atoms. The lowest BCUT2D eigenvalue weighted by Gasteiger charge is -2.12. The standard InChI is InChI=1S/C14H17N5O2S/c1-14(2,3)10-6-11(18-21-10)17-12(20)15-7-9-8-19-4-5-22-13(19)16-9/h4-6,8H,7H2,1-3H3,(H2,15,17,18,20). The van der Waals surface area contributed by atoms with Crippen molar-refractivity contribution in [1.82, 2.24) is 19.9 Å². The third-order valence-electron chi connectivity index (χ3n) is 3.06. The molecule has 3 heterocycles. The Bertz CT molecular complexity index is 767. The Labute approximate surface area is 131 Å². The van der Waals surface area contributed by atoms with Crippen molar-refractivity contribution < 1.29 is 9.32 Å². The Morgan fingerprint density at radius 1 is 1.45 bits per heavy atom. The van der Waals surface area contributed by atoms with Crippen LogP contribution < -0.4 is 10.6 Å². The number of amides is 2. The average molecular weight is 319 g/mol. The van der Waals surface area contributed by atoms with Gasteiger partial charge in [-0.25, -0.2) is 9.78 Å². The van der Waals surface area contributed by atoms with Gasteiger partial charge in [-0.1, -0.05) is 25.9 Å². The van der Waals surface area contributed by atoms with E-state index in [2.05, 4.69) is 20.8 Å². The van der Waals surface area contributed by atoms with Crippen molar-refractivity contribution in [2.45, 2.75) is 32.7 Å². The molecule has 7 nitrogen and oxygen atoms in total. The molecule has 3 rings (SSSR count). The van der Waals surface area contributed by atoms with Gasteiger partial charge >= 0.3 is 6.03 Å². The summed E-state index contributed by atoms with van der Waals surface area (Å²) in [6.07, 6.45) is 3.82. The van der Waals surface area contributed by atoms with Crippen LogP contribution in [0.1, 0.15) is 32.2 Å². The van der Waals surface area contributed by atoms with E-state index in [1.807, 2.05) is 42.9 Å². The third kappa shape index (κ3) is 3.11. The maximum absolute atomic E-state index is 11.9. The first-order valence-corrected chi connectivity index (χ1v) is 7.73. The van der Waals surface area contributed by atoms with Crippen molar-refractivity contribution in [2.24, 2.45) is 0 Å². The molecule has 0 aliphatic rings. The van der Waals surface area contributed by atoms with Crippen LogP contribution in [-0.2, 0) is 12.0 Å². The smallest absolute Gasteiger partial charge is 0.320 e. The highest BCUT2D eigenvalue weighted by Crippen LogP contribution is 2.24. The Hall–Kier alpha value is -2.35. The number of nitrogens with one attached hydrogen (secondary N) is 2. The van der Waals surface area contributed by atoms with Crippen molar-refractivity contribution in [3.05, 3.63) is 35.3 Å². The lowest BCUT2D eigenvalue weighted by molar-refractivity contribution is 0.251. The number of hydrogen-bond donors (Lipinski definition) is 2. The van der Waals surface area contributed by atoms with Crippen molar-refractivity contribution in [3.63, 3.8) is 0 Å². The molecule has 0 atom stereocenters. The third-order valence-corrected chi connectivity index (χ3v) is 3.83. The predicted octanol–water partition coefficient (Wildman–Crippen LogP) is 3.00. The highest BCUT2D eigenvalue weighted by molar-refractivity contribution is 7.15. The molecule has 0 aromatic carbocycles. The van der Waals surface area contributed by atoms with E-state index in [0.29, 0.717) is 12.4 Å². The fourth-order valence-corrected chi connectivity index (χ4v) is 2.60. The molecule has 0 radical (unpaired) electrons. The van der Waals surface area contributed by atoms with E-state index < -0.39 is 0 Å². The van der Waals surface area contributed by atoms with E-state index >= 15 is 0 Å². The summed E-state index contributed by atoms with van der Waals surface area (Å²) in [4.78, 5) is 17.2. The zero-order chi connectivity index (χ0) is 15.7. The zero-order valence-electron chi connectivity index (χ0n) is 12.6. The van der Waals surface area contributed by atoms with Gasteiger partial charge in [-0.2, -0.15) is 0 Å². The highest BCUT2D eigenvalue weighted by Gasteiger charge is 2.20. The average Bonchev–Trinajstić information content (AvgIpc) is 3.09. The van der Waals surface area contributed by atoms with E-state index in [9.17, 15) is 4.79 Å². The summed E-state index contributed by atoms with van der Waals surface area (Å²) in [7, 11) is 0. The number of thiazole rings is 1. The lowest BCUT2D eigenvalue weighted by Crippen LogP contribution is -2.28. The fourth-order valence-electron chi connectivity index (χ4n) is 1.88. The Morgan fingerprint density at radius 2 is 2.27 bits per heavy atom. The summed E-state index contributed by atoms with van der Waals surface area (Å²) in [6.45, 7) is 6.40. The van der Waals surface area contributed by atoms with Gasteiger partial charge in [0.2, 0.25) is 0 Å². The molecule has 0 aliphatic heterocycles. The number of carbonyl (C=O) groups is 1. The molecule has 8 heteroatoms. The second kappa shape index (κ2) is 5.45. The maximum Gasteiger partial charge on any atom is 0.320 e. The molecule has 0 saturated carbocycles. The first kappa shape index (κ1) is 14.6. The summed E-state index contributed by atoms with van der Waals surface area (Å²) in [5.74, 6) is 1.12. The van der Waals surface area contributed by atoms with Gasteiger partial charge in [-0.15, -0.1) is 11.3 Å². The summed E-state index contributed by atoms with van der Waals surface area (Å²) >= 11 is 1.55. The van der Waals surface area contributed by atoms with Crippen LogP contribution in [0.3, 0.4) is 0 Å². The number of nitrogens with zero attached hydrogens (tertiary/aromatic N) is 3. The van der Waals surface area contributed by atoms with Crippen LogP contribution in [0.5, 0.6) is 0 Å². The monoisotopic (exact) mass is 319 g/mol. The van der Waals surface area contributed by atoms with Gasteiger partial charge in [0.05, 0.1) is 12.2 Å². The van der Waals surface area contributed by atoms with Crippen LogP contribution >= 0.6 is 11.3 Å². The van der Waals surface area contributed by atoms with E-state index in [0.717, 1.165) is 16.4 Å². The van der Waals surface area contributed by atoms with E-state index in [-0.39, 0.29) is 11.4 Å². The maximum atomic E-state index is 11.9. The van der Waals surface area contributed by atoms with Gasteiger partial charge in [-0.3, -0.25) is 9.72 Å². The minimum absolute atomic E-state index is 0.147. The van der Waals surface area contributed by atoms with Gasteiger partial charge in [-0.05, 0) is 0 Å². The van der Waals surface area contributed by atoms with Gasteiger partial charge < -0.3 is 9.84 Å². The number of rotatable bonds is 3. The Balaban J connectivity index is 1.56. The summed E-state index contributed by atoms with van der Waals surface area (Å²) in [5.41, 5.74) is 0.656. The summed E-state index contributed by atoms with van der Waals surface area (Å²) < 4.78 is 7.14. The molecule has 116 valence electrons. The molecule has 3 aromatic rings. The van der Waals surface area contributed by atoms with E-state index in [1.165, 1.54) is 0 Å². The molecule has 0 unspecified atom stereocenters. The zero-order valence-corrected chi connectivity index (χ0v) is 13.4. The van der Waals surface area contributed by atoms with Gasteiger partial charge in [0.15, 0.2) is 10.8 Å². The summed E-state index contributed by atoms with van der Waals surface area (Å²) in [6, 6.07) is 1.39. The first-order valence-electron chi connectivity index (χ1n) is 6.85. The number of carbonyl (C=O) groups excluding carboxylic acids is 1. The molecular formula is C14H17N5O2S. The summed E-state index contributed by atoms with van der Waals surface area (Å²) in [5, 5.41) is 11.2. The SMILES string of the molecule is CC(C)(C)c1cc(NC(=O)NCc2cn3ccsc3n2)no1. The fraction of sp³-hybridized carbons (Fsp3) is 0.357. The largest absolute Gasteiger partial charge is 0.359 e. The van der Waals surface area contributed by atoms with Crippen LogP contribution in [0.25, 0.3) is 4.96 Å². The predicted molar refractivity (Wildman–Crippen MR) is 84.1 cm³/mol. The number of urea groups is 1. The molecular weight excluding hydrogens is 302 g/mol. The number of hydrogen-bond acceptors (Lipinski definition) is 5. The van der Waals surface area contributed by atoms with Crippen LogP contribution in [0.4, 0.5) is 10.6 Å². The highest BCUT2D eigenvalue weighted by atomic mass is 32.1. The van der Waals surface area contributed by atoms with Crippen molar-refractivity contribution >= 4 is 28.1 Å². The van der Waals surface area contributed by atoms with Gasteiger partial charge in [0.1, 0.15) is 5.76 Å². The molecule has 22 heavy (non-hydrogen) atoms. The van der Waals surface area contributed by atoms with Crippen molar-refractivity contribution in [2.75, 3.05) is 5.32 Å². The molecule has 0 saturated heterocycles. The molecule has 0 fully saturated rings. The molecule has 3 aromatic heterocycles. The second-order valence-electron chi connectivity index (χ2n) is 5.96. The number of anilines is 1. The Morgan fingerprint density at radius 3 is 2.95 bits per heavy atom. The van der Waals surface area contributed by atoms with Crippen LogP contribution in [0.15, 0.2) is 28.4 Å².